The van der Waals surface area contributed by atoms with Crippen LogP contribution in [0.15, 0.2) is 30.3 Å². The molecule has 0 saturated heterocycles. The first kappa shape index (κ1) is 13.2. The van der Waals surface area contributed by atoms with Crippen LogP contribution in [0.4, 0.5) is 5.00 Å². The van der Waals surface area contributed by atoms with E-state index in [1.54, 1.807) is 30.3 Å². The van der Waals surface area contributed by atoms with Crippen molar-refractivity contribution in [2.24, 2.45) is 0 Å². The minimum absolute atomic E-state index is 0.236. The summed E-state index contributed by atoms with van der Waals surface area (Å²) in [4.78, 5) is 23.2. The van der Waals surface area contributed by atoms with Crippen LogP contribution in [-0.2, 0) is 4.74 Å². The lowest BCUT2D eigenvalue weighted by atomic mass is 10.1. The Morgan fingerprint density at radius 3 is 2.37 bits per heavy atom. The van der Waals surface area contributed by atoms with Gasteiger partial charge in [0.05, 0.1) is 18.4 Å². The SMILES string of the molecule is COC(=O)c1ccc(C(=O)Nc2cc(C)ns2)cc1. The van der Waals surface area contributed by atoms with E-state index in [0.717, 1.165) is 5.69 Å². The number of carbonyl (C=O) groups is 2. The van der Waals surface area contributed by atoms with Gasteiger partial charge < -0.3 is 10.1 Å². The summed E-state index contributed by atoms with van der Waals surface area (Å²) in [6.45, 7) is 1.86. The van der Waals surface area contributed by atoms with E-state index in [1.165, 1.54) is 18.6 Å². The summed E-state index contributed by atoms with van der Waals surface area (Å²) in [5.41, 5.74) is 1.74. The maximum Gasteiger partial charge on any atom is 0.337 e. The second-order valence-corrected chi connectivity index (χ2v) is 4.66. The second kappa shape index (κ2) is 5.62. The van der Waals surface area contributed by atoms with Crippen molar-refractivity contribution in [3.63, 3.8) is 0 Å². The Morgan fingerprint density at radius 1 is 1.21 bits per heavy atom. The maximum absolute atomic E-state index is 11.9. The Labute approximate surface area is 114 Å². The molecule has 19 heavy (non-hydrogen) atoms. The van der Waals surface area contributed by atoms with Crippen LogP contribution in [-0.4, -0.2) is 23.4 Å². The predicted octanol–water partition coefficient (Wildman–Crippen LogP) is 2.49. The Hall–Kier alpha value is -2.21. The summed E-state index contributed by atoms with van der Waals surface area (Å²) in [6, 6.07) is 8.06. The van der Waals surface area contributed by atoms with E-state index >= 15 is 0 Å². The molecule has 1 heterocycles. The fourth-order valence-electron chi connectivity index (χ4n) is 1.48. The van der Waals surface area contributed by atoms with E-state index in [1.807, 2.05) is 6.92 Å². The summed E-state index contributed by atoms with van der Waals surface area (Å²) in [6.07, 6.45) is 0. The van der Waals surface area contributed by atoms with Crippen LogP contribution < -0.4 is 5.32 Å². The molecule has 0 spiro atoms. The number of nitrogens with one attached hydrogen (secondary N) is 1. The highest BCUT2D eigenvalue weighted by molar-refractivity contribution is 7.10. The molecule has 0 atom stereocenters. The average Bonchev–Trinajstić information content (AvgIpc) is 2.83. The lowest BCUT2D eigenvalue weighted by Gasteiger charge is -2.03. The Bertz CT molecular complexity index is 605. The number of anilines is 1. The first-order valence-corrected chi connectivity index (χ1v) is 6.30. The van der Waals surface area contributed by atoms with E-state index in [2.05, 4.69) is 14.4 Å². The lowest BCUT2D eigenvalue weighted by Crippen LogP contribution is -2.11. The van der Waals surface area contributed by atoms with Crippen molar-refractivity contribution < 1.29 is 14.3 Å². The molecule has 98 valence electrons. The van der Waals surface area contributed by atoms with E-state index in [0.29, 0.717) is 16.1 Å². The first-order chi connectivity index (χ1) is 9.10. The molecule has 0 fully saturated rings. The van der Waals surface area contributed by atoms with E-state index in [-0.39, 0.29) is 5.91 Å². The van der Waals surface area contributed by atoms with Crippen LogP contribution in [0.3, 0.4) is 0 Å². The van der Waals surface area contributed by atoms with Gasteiger partial charge in [0, 0.05) is 5.56 Å². The number of ether oxygens (including phenoxy) is 1. The molecule has 0 aliphatic heterocycles. The molecule has 1 aromatic carbocycles. The summed E-state index contributed by atoms with van der Waals surface area (Å²) in [5, 5.41) is 3.44. The van der Waals surface area contributed by atoms with Gasteiger partial charge in [-0.25, -0.2) is 4.79 Å². The van der Waals surface area contributed by atoms with Gasteiger partial charge in [0.1, 0.15) is 5.00 Å². The standard InChI is InChI=1S/C13H12N2O3S/c1-8-7-11(19-15-8)14-12(16)9-3-5-10(6-4-9)13(17)18-2/h3-7H,1-2H3,(H,14,16). The first-order valence-electron chi connectivity index (χ1n) is 5.53. The molecule has 0 aliphatic carbocycles. The molecule has 5 nitrogen and oxygen atoms in total. The van der Waals surface area contributed by atoms with Crippen LogP contribution in [0.25, 0.3) is 0 Å². The lowest BCUT2D eigenvalue weighted by molar-refractivity contribution is 0.0600. The molecule has 1 N–H and O–H groups in total. The van der Waals surface area contributed by atoms with Crippen molar-refractivity contribution in [1.29, 1.82) is 0 Å². The van der Waals surface area contributed by atoms with E-state index < -0.39 is 5.97 Å². The quantitative estimate of drug-likeness (QED) is 0.874. The molecule has 2 aromatic rings. The minimum atomic E-state index is -0.426. The van der Waals surface area contributed by atoms with Crippen molar-refractivity contribution in [3.05, 3.63) is 47.2 Å². The Kier molecular flexibility index (Phi) is 3.91. The largest absolute Gasteiger partial charge is 0.465 e. The zero-order chi connectivity index (χ0) is 13.8. The van der Waals surface area contributed by atoms with Crippen molar-refractivity contribution in [2.45, 2.75) is 6.92 Å². The molecular formula is C13H12N2O3S. The third kappa shape index (κ3) is 3.17. The fourth-order valence-corrected chi connectivity index (χ4v) is 2.14. The third-order valence-corrected chi connectivity index (χ3v) is 3.23. The van der Waals surface area contributed by atoms with Gasteiger partial charge in [-0.15, -0.1) is 0 Å². The van der Waals surface area contributed by atoms with Crippen molar-refractivity contribution in [3.8, 4) is 0 Å². The van der Waals surface area contributed by atoms with Gasteiger partial charge in [-0.05, 0) is 48.8 Å². The number of esters is 1. The third-order valence-electron chi connectivity index (χ3n) is 2.43. The van der Waals surface area contributed by atoms with Gasteiger partial charge >= 0.3 is 5.97 Å². The molecule has 0 bridgehead atoms. The van der Waals surface area contributed by atoms with Gasteiger partial charge in [-0.3, -0.25) is 4.79 Å². The number of carbonyl (C=O) groups excluding carboxylic acids is 2. The van der Waals surface area contributed by atoms with Crippen LogP contribution in [0.2, 0.25) is 0 Å². The molecule has 1 amide bonds. The zero-order valence-corrected chi connectivity index (χ0v) is 11.3. The van der Waals surface area contributed by atoms with E-state index in [4.69, 9.17) is 0 Å². The highest BCUT2D eigenvalue weighted by Crippen LogP contribution is 2.16. The Morgan fingerprint density at radius 2 is 1.84 bits per heavy atom. The topological polar surface area (TPSA) is 68.3 Å². The number of aryl methyl sites for hydroxylation is 1. The highest BCUT2D eigenvalue weighted by Gasteiger charge is 2.10. The van der Waals surface area contributed by atoms with Crippen LogP contribution in [0.5, 0.6) is 0 Å². The van der Waals surface area contributed by atoms with Crippen molar-refractivity contribution in [1.82, 2.24) is 4.37 Å². The molecule has 0 radical (unpaired) electrons. The number of nitrogens with zero attached hydrogens (tertiary/aromatic N) is 1. The number of benzene rings is 1. The maximum atomic E-state index is 11.9. The number of aromatic nitrogens is 1. The molecule has 0 aliphatic rings. The van der Waals surface area contributed by atoms with Crippen LogP contribution in [0, 0.1) is 6.92 Å². The van der Waals surface area contributed by atoms with Gasteiger partial charge in [0.2, 0.25) is 0 Å². The minimum Gasteiger partial charge on any atom is -0.465 e. The normalized spacial score (nSPS) is 10.0. The van der Waals surface area contributed by atoms with Crippen LogP contribution >= 0.6 is 11.5 Å². The number of amides is 1. The summed E-state index contributed by atoms with van der Waals surface area (Å²) in [7, 11) is 1.31. The Balaban J connectivity index is 2.09. The molecule has 2 rings (SSSR count). The van der Waals surface area contributed by atoms with Gasteiger partial charge in [0.25, 0.3) is 5.91 Å². The number of hydrogen-bond donors (Lipinski definition) is 1. The van der Waals surface area contributed by atoms with Crippen LogP contribution in [0.1, 0.15) is 26.4 Å². The average molecular weight is 276 g/mol. The molecule has 1 aromatic heterocycles. The van der Waals surface area contributed by atoms with Gasteiger partial charge in [-0.1, -0.05) is 0 Å². The van der Waals surface area contributed by atoms with Crippen molar-refractivity contribution in [2.75, 3.05) is 12.4 Å². The van der Waals surface area contributed by atoms with Gasteiger partial charge in [-0.2, -0.15) is 4.37 Å². The number of rotatable bonds is 3. The monoisotopic (exact) mass is 276 g/mol. The van der Waals surface area contributed by atoms with E-state index in [9.17, 15) is 9.59 Å². The summed E-state index contributed by atoms with van der Waals surface area (Å²) in [5.74, 6) is -0.662. The molecular weight excluding hydrogens is 264 g/mol. The molecule has 0 unspecified atom stereocenters. The highest BCUT2D eigenvalue weighted by atomic mass is 32.1. The van der Waals surface area contributed by atoms with Gasteiger partial charge in [0.15, 0.2) is 0 Å². The number of hydrogen-bond acceptors (Lipinski definition) is 5. The summed E-state index contributed by atoms with van der Waals surface area (Å²) < 4.78 is 8.67. The molecule has 0 saturated carbocycles. The second-order valence-electron chi connectivity index (χ2n) is 3.86. The smallest absolute Gasteiger partial charge is 0.337 e. The van der Waals surface area contributed by atoms with Crippen molar-refractivity contribution >= 4 is 28.4 Å². The zero-order valence-electron chi connectivity index (χ0n) is 10.5. The number of methoxy groups -OCH3 is 1. The predicted molar refractivity (Wildman–Crippen MR) is 72.6 cm³/mol. The fraction of sp³-hybridized carbons (Fsp3) is 0.154. The molecule has 6 heteroatoms. The summed E-state index contributed by atoms with van der Waals surface area (Å²) >= 11 is 1.23.